The van der Waals surface area contributed by atoms with Crippen molar-refractivity contribution < 1.29 is 14.2 Å². The summed E-state index contributed by atoms with van der Waals surface area (Å²) in [5, 5.41) is 1.01. The molecule has 0 saturated heterocycles. The van der Waals surface area contributed by atoms with Crippen molar-refractivity contribution in [1.29, 1.82) is 0 Å². The molecule has 0 bridgehead atoms. The number of ether oxygens (including phenoxy) is 3. The van der Waals surface area contributed by atoms with E-state index in [9.17, 15) is 0 Å². The Morgan fingerprint density at radius 1 is 1.30 bits per heavy atom. The van der Waals surface area contributed by atoms with Gasteiger partial charge in [0.15, 0.2) is 11.5 Å². The molecular formula is C13H13ClN2O3S. The highest BCUT2D eigenvalue weighted by Crippen LogP contribution is 2.46. The third kappa shape index (κ3) is 2.33. The van der Waals surface area contributed by atoms with E-state index in [0.717, 1.165) is 0 Å². The number of hydrogen-bond acceptors (Lipinski definition) is 6. The summed E-state index contributed by atoms with van der Waals surface area (Å²) in [7, 11) is 0. The maximum Gasteiger partial charge on any atom is 0.204 e. The third-order valence-electron chi connectivity index (χ3n) is 2.96. The van der Waals surface area contributed by atoms with E-state index in [1.165, 1.54) is 6.33 Å². The standard InChI is InChI=1S/C13H13ClN2O3S/c1-7(20-2)19-9-5-8-10(13(14)16-6-15-8)12-11(9)17-3-4-18-12/h5-7H,3-4H2,1-2H3. The van der Waals surface area contributed by atoms with Crippen molar-refractivity contribution in [2.75, 3.05) is 19.5 Å². The molecule has 106 valence electrons. The van der Waals surface area contributed by atoms with E-state index in [1.54, 1.807) is 11.8 Å². The van der Waals surface area contributed by atoms with E-state index in [0.29, 0.717) is 46.5 Å². The van der Waals surface area contributed by atoms with Gasteiger partial charge in [-0.05, 0) is 13.2 Å². The van der Waals surface area contributed by atoms with E-state index in [2.05, 4.69) is 9.97 Å². The average Bonchev–Trinajstić information content (AvgIpc) is 2.47. The fourth-order valence-electron chi connectivity index (χ4n) is 1.99. The summed E-state index contributed by atoms with van der Waals surface area (Å²) in [6, 6.07) is 1.81. The van der Waals surface area contributed by atoms with E-state index in [1.807, 2.05) is 19.2 Å². The molecular weight excluding hydrogens is 300 g/mol. The zero-order valence-corrected chi connectivity index (χ0v) is 12.6. The Hall–Kier alpha value is -1.40. The van der Waals surface area contributed by atoms with Gasteiger partial charge in [0.05, 0.1) is 10.9 Å². The zero-order chi connectivity index (χ0) is 14.1. The Labute approximate surface area is 125 Å². The quantitative estimate of drug-likeness (QED) is 0.641. The number of thioether (sulfide) groups is 1. The second-order valence-corrected chi connectivity index (χ2v) is 5.70. The van der Waals surface area contributed by atoms with Crippen LogP contribution in [0.2, 0.25) is 5.15 Å². The Morgan fingerprint density at radius 3 is 2.80 bits per heavy atom. The third-order valence-corrected chi connectivity index (χ3v) is 4.00. The van der Waals surface area contributed by atoms with Crippen LogP contribution in [0.4, 0.5) is 0 Å². The second-order valence-electron chi connectivity index (χ2n) is 4.21. The zero-order valence-electron chi connectivity index (χ0n) is 11.1. The minimum absolute atomic E-state index is 0.000569. The van der Waals surface area contributed by atoms with Crippen LogP contribution in [0.1, 0.15) is 6.92 Å². The highest BCUT2D eigenvalue weighted by molar-refractivity contribution is 7.99. The molecule has 1 atom stereocenters. The molecule has 0 radical (unpaired) electrons. The van der Waals surface area contributed by atoms with Crippen LogP contribution >= 0.6 is 23.4 Å². The SMILES string of the molecule is CSC(C)Oc1cc2ncnc(Cl)c2c2c1OCCO2. The molecule has 0 amide bonds. The van der Waals surface area contributed by atoms with Gasteiger partial charge in [-0.1, -0.05) is 11.6 Å². The maximum absolute atomic E-state index is 6.15. The van der Waals surface area contributed by atoms with Crippen molar-refractivity contribution in [2.24, 2.45) is 0 Å². The summed E-state index contributed by atoms with van der Waals surface area (Å²) in [5.74, 6) is 1.74. The normalized spacial score (nSPS) is 15.2. The Balaban J connectivity index is 2.21. The van der Waals surface area contributed by atoms with Crippen molar-refractivity contribution in [3.63, 3.8) is 0 Å². The van der Waals surface area contributed by atoms with Gasteiger partial charge in [0.1, 0.15) is 30.1 Å². The number of rotatable bonds is 3. The van der Waals surface area contributed by atoms with E-state index in [4.69, 9.17) is 25.8 Å². The monoisotopic (exact) mass is 312 g/mol. The summed E-state index contributed by atoms with van der Waals surface area (Å²) < 4.78 is 17.3. The van der Waals surface area contributed by atoms with Crippen LogP contribution < -0.4 is 14.2 Å². The molecule has 2 aromatic rings. The Morgan fingerprint density at radius 2 is 2.05 bits per heavy atom. The Kier molecular flexibility index (Phi) is 3.76. The van der Waals surface area contributed by atoms with Gasteiger partial charge in [-0.2, -0.15) is 0 Å². The van der Waals surface area contributed by atoms with Crippen molar-refractivity contribution >= 4 is 34.3 Å². The highest BCUT2D eigenvalue weighted by atomic mass is 35.5. The molecule has 20 heavy (non-hydrogen) atoms. The molecule has 0 fully saturated rings. The molecule has 0 saturated carbocycles. The van der Waals surface area contributed by atoms with Gasteiger partial charge in [-0.15, -0.1) is 11.8 Å². The largest absolute Gasteiger partial charge is 0.485 e. The first kappa shape index (κ1) is 13.6. The summed E-state index contributed by atoms with van der Waals surface area (Å²) >= 11 is 7.75. The summed E-state index contributed by atoms with van der Waals surface area (Å²) in [4.78, 5) is 8.22. The van der Waals surface area contributed by atoms with Crippen LogP contribution in [0.3, 0.4) is 0 Å². The van der Waals surface area contributed by atoms with Crippen molar-refractivity contribution in [3.05, 3.63) is 17.5 Å². The minimum Gasteiger partial charge on any atom is -0.485 e. The predicted molar refractivity (Wildman–Crippen MR) is 79.1 cm³/mol. The minimum atomic E-state index is -0.000569. The fraction of sp³-hybridized carbons (Fsp3) is 0.385. The fourth-order valence-corrected chi connectivity index (χ4v) is 2.41. The summed E-state index contributed by atoms with van der Waals surface area (Å²) in [6.45, 7) is 2.92. The molecule has 1 aliphatic rings. The van der Waals surface area contributed by atoms with Gasteiger partial charge in [0, 0.05) is 6.07 Å². The molecule has 2 heterocycles. The summed E-state index contributed by atoms with van der Waals surface area (Å²) in [5.41, 5.74) is 0.678. The first-order chi connectivity index (χ1) is 9.70. The van der Waals surface area contributed by atoms with Gasteiger partial charge in [0.2, 0.25) is 5.75 Å². The molecule has 1 aromatic carbocycles. The number of nitrogens with zero attached hydrogens (tertiary/aromatic N) is 2. The first-order valence-corrected chi connectivity index (χ1v) is 7.79. The van der Waals surface area contributed by atoms with Crippen molar-refractivity contribution in [3.8, 4) is 17.2 Å². The average molecular weight is 313 g/mol. The number of fused-ring (bicyclic) bond motifs is 3. The second kappa shape index (κ2) is 5.54. The Bertz CT molecular complexity index is 653. The lowest BCUT2D eigenvalue weighted by Crippen LogP contribution is -2.18. The van der Waals surface area contributed by atoms with Gasteiger partial charge in [-0.25, -0.2) is 9.97 Å². The van der Waals surface area contributed by atoms with Crippen LogP contribution in [0.5, 0.6) is 17.2 Å². The van der Waals surface area contributed by atoms with Crippen LogP contribution in [-0.2, 0) is 0 Å². The van der Waals surface area contributed by atoms with Gasteiger partial charge < -0.3 is 14.2 Å². The van der Waals surface area contributed by atoms with E-state index >= 15 is 0 Å². The number of benzene rings is 1. The maximum atomic E-state index is 6.15. The molecule has 0 N–H and O–H groups in total. The predicted octanol–water partition coefficient (Wildman–Crippen LogP) is 3.14. The smallest absolute Gasteiger partial charge is 0.204 e. The van der Waals surface area contributed by atoms with Crippen LogP contribution in [-0.4, -0.2) is 34.9 Å². The van der Waals surface area contributed by atoms with Gasteiger partial charge in [-0.3, -0.25) is 0 Å². The van der Waals surface area contributed by atoms with Crippen molar-refractivity contribution in [2.45, 2.75) is 12.4 Å². The number of hydrogen-bond donors (Lipinski definition) is 0. The molecule has 1 aromatic heterocycles. The lowest BCUT2D eigenvalue weighted by Gasteiger charge is -2.24. The first-order valence-electron chi connectivity index (χ1n) is 6.13. The molecule has 1 aliphatic heterocycles. The molecule has 1 unspecified atom stereocenters. The molecule has 7 heteroatoms. The lowest BCUT2D eigenvalue weighted by molar-refractivity contribution is 0.163. The van der Waals surface area contributed by atoms with E-state index in [-0.39, 0.29) is 5.44 Å². The molecule has 3 rings (SSSR count). The molecule has 0 spiro atoms. The lowest BCUT2D eigenvalue weighted by atomic mass is 10.2. The van der Waals surface area contributed by atoms with E-state index < -0.39 is 0 Å². The topological polar surface area (TPSA) is 53.5 Å². The molecule has 0 aliphatic carbocycles. The number of aromatic nitrogens is 2. The summed E-state index contributed by atoms with van der Waals surface area (Å²) in [6.07, 6.45) is 3.40. The van der Waals surface area contributed by atoms with Gasteiger partial charge >= 0.3 is 0 Å². The van der Waals surface area contributed by atoms with Crippen LogP contribution in [0.15, 0.2) is 12.4 Å². The van der Waals surface area contributed by atoms with Crippen LogP contribution in [0.25, 0.3) is 10.9 Å². The highest BCUT2D eigenvalue weighted by Gasteiger charge is 2.24. The van der Waals surface area contributed by atoms with Crippen LogP contribution in [0, 0.1) is 0 Å². The van der Waals surface area contributed by atoms with Gasteiger partial charge in [0.25, 0.3) is 0 Å². The number of halogens is 1. The molecule has 5 nitrogen and oxygen atoms in total. The van der Waals surface area contributed by atoms with Crippen molar-refractivity contribution in [1.82, 2.24) is 9.97 Å².